The Bertz CT molecular complexity index is 1480. The normalized spacial score (nSPS) is 15.5. The van der Waals surface area contributed by atoms with Gasteiger partial charge in [0.2, 0.25) is 6.41 Å². The van der Waals surface area contributed by atoms with E-state index in [1.807, 2.05) is 48.0 Å². The first kappa shape index (κ1) is 32.4. The number of rotatable bonds is 8. The molecule has 43 heavy (non-hydrogen) atoms. The fourth-order valence-corrected chi connectivity index (χ4v) is 5.91. The molecule has 0 bridgehead atoms. The second-order valence-corrected chi connectivity index (χ2v) is 12.9. The average Bonchev–Trinajstić information content (AvgIpc) is 3.64. The number of ether oxygens (including phenoxy) is 1. The maximum Gasteiger partial charge on any atom is 0.210 e. The molecule has 1 unspecified atom stereocenters. The van der Waals surface area contributed by atoms with Crippen molar-refractivity contribution >= 4 is 28.1 Å². The number of nitrogens with zero attached hydrogens (tertiary/aromatic N) is 6. The zero-order valence-corrected chi connectivity index (χ0v) is 26.9. The standard InChI is InChI=1S/C17H19N3O2S.C9H13N3O.C7H14/c1-13-18-9-7-17(19-13)20-10-8-14-15(20)5-3-6-16(14)22-11-4-12-23(2)21;1-2-8-5-12-4-3-11(7-13)6-9(12)10-8;1-7-5-3-2-4-6-7/h3,5-10H,4,11-12H2,1-2H3;5,7H,2-4,6H2,1H3;7H,2-6H2,1H3. The van der Waals surface area contributed by atoms with E-state index in [-0.39, 0.29) is 0 Å². The lowest BCUT2D eigenvalue weighted by atomic mass is 9.91. The van der Waals surface area contributed by atoms with Crippen LogP contribution in [0.2, 0.25) is 0 Å². The fraction of sp³-hybridized carbons (Fsp3) is 0.515. The number of carbonyl (C=O) groups is 1. The predicted octanol–water partition coefficient (Wildman–Crippen LogP) is 5.88. The van der Waals surface area contributed by atoms with Gasteiger partial charge in [-0.25, -0.2) is 15.0 Å². The maximum absolute atomic E-state index is 11.1. The zero-order valence-electron chi connectivity index (χ0n) is 26.1. The molecule has 1 fully saturated rings. The monoisotopic (exact) mass is 606 g/mol. The summed E-state index contributed by atoms with van der Waals surface area (Å²) in [6.07, 6.45) is 17.6. The van der Waals surface area contributed by atoms with Gasteiger partial charge in [-0.3, -0.25) is 9.00 Å². The van der Waals surface area contributed by atoms with E-state index in [1.165, 1.54) is 32.1 Å². The Kier molecular flexibility index (Phi) is 12.3. The van der Waals surface area contributed by atoms with E-state index in [9.17, 15) is 9.00 Å². The summed E-state index contributed by atoms with van der Waals surface area (Å²) < 4.78 is 21.1. The smallest absolute Gasteiger partial charge is 0.210 e. The molecule has 9 nitrogen and oxygen atoms in total. The minimum atomic E-state index is -0.772. The highest BCUT2D eigenvalue weighted by molar-refractivity contribution is 7.84. The minimum Gasteiger partial charge on any atom is -0.493 e. The van der Waals surface area contributed by atoms with Crippen molar-refractivity contribution in [2.24, 2.45) is 5.92 Å². The van der Waals surface area contributed by atoms with Gasteiger partial charge in [0.15, 0.2) is 0 Å². The molecule has 3 aromatic heterocycles. The zero-order chi connectivity index (χ0) is 30.6. The molecule has 6 rings (SSSR count). The molecule has 1 aromatic carbocycles. The molecule has 2 aliphatic rings. The van der Waals surface area contributed by atoms with Crippen LogP contribution in [0.15, 0.2) is 48.9 Å². The lowest BCUT2D eigenvalue weighted by molar-refractivity contribution is -0.119. The SMILES string of the molecule is CC1CCCCC1.CCc1cn2c(n1)CN(C=O)CC2.Cc1nccc(-n2ccc3c(OCCCS(C)=O)cccc32)n1. The molecule has 4 heterocycles. The number of hydrogen-bond acceptors (Lipinski definition) is 6. The Morgan fingerprint density at radius 3 is 2.58 bits per heavy atom. The average molecular weight is 607 g/mol. The topological polar surface area (TPSA) is 95.1 Å². The third-order valence-electron chi connectivity index (χ3n) is 7.82. The highest BCUT2D eigenvalue weighted by Gasteiger charge is 2.16. The second kappa shape index (κ2) is 16.4. The Hall–Kier alpha value is -3.53. The van der Waals surface area contributed by atoms with Crippen LogP contribution in [-0.2, 0) is 35.1 Å². The Morgan fingerprint density at radius 2 is 1.91 bits per heavy atom. The molecule has 10 heteroatoms. The summed E-state index contributed by atoms with van der Waals surface area (Å²) in [6.45, 7) is 9.23. The summed E-state index contributed by atoms with van der Waals surface area (Å²) in [5, 5.41) is 1.04. The van der Waals surface area contributed by atoms with Gasteiger partial charge in [0.25, 0.3) is 0 Å². The first-order chi connectivity index (χ1) is 20.9. The van der Waals surface area contributed by atoms with Crippen molar-refractivity contribution in [1.82, 2.24) is 29.0 Å². The number of fused-ring (bicyclic) bond motifs is 2. The summed E-state index contributed by atoms with van der Waals surface area (Å²) >= 11 is 0. The number of hydrogen-bond donors (Lipinski definition) is 0. The number of amides is 1. The maximum atomic E-state index is 11.1. The second-order valence-electron chi connectivity index (χ2n) is 11.3. The number of benzene rings is 1. The largest absolute Gasteiger partial charge is 0.493 e. The van der Waals surface area contributed by atoms with Crippen molar-refractivity contribution in [1.29, 1.82) is 0 Å². The van der Waals surface area contributed by atoms with Crippen LogP contribution in [0.25, 0.3) is 16.7 Å². The van der Waals surface area contributed by atoms with Crippen LogP contribution in [0, 0.1) is 12.8 Å². The molecule has 232 valence electrons. The van der Waals surface area contributed by atoms with Crippen molar-refractivity contribution < 1.29 is 13.7 Å². The number of aryl methyl sites for hydroxylation is 2. The summed E-state index contributed by atoms with van der Waals surface area (Å²) in [5.41, 5.74) is 2.16. The van der Waals surface area contributed by atoms with Crippen molar-refractivity contribution in [3.8, 4) is 11.6 Å². The third kappa shape index (κ3) is 9.48. The van der Waals surface area contributed by atoms with Crippen molar-refractivity contribution in [2.75, 3.05) is 25.2 Å². The van der Waals surface area contributed by atoms with Gasteiger partial charge in [-0.2, -0.15) is 0 Å². The van der Waals surface area contributed by atoms with Gasteiger partial charge in [-0.05, 0) is 49.9 Å². The Labute approximate surface area is 258 Å². The van der Waals surface area contributed by atoms with Gasteiger partial charge in [0, 0.05) is 59.9 Å². The van der Waals surface area contributed by atoms with Gasteiger partial charge in [0.1, 0.15) is 23.2 Å². The van der Waals surface area contributed by atoms with E-state index in [1.54, 1.807) is 17.4 Å². The molecule has 0 saturated heterocycles. The Morgan fingerprint density at radius 1 is 1.09 bits per heavy atom. The molecular formula is C33H46N6O3S. The fourth-order valence-electron chi connectivity index (χ4n) is 5.38. The molecular weight excluding hydrogens is 560 g/mol. The van der Waals surface area contributed by atoms with E-state index in [0.717, 1.165) is 78.1 Å². The summed E-state index contributed by atoms with van der Waals surface area (Å²) in [6, 6.07) is 9.89. The van der Waals surface area contributed by atoms with Crippen LogP contribution >= 0.6 is 0 Å². The van der Waals surface area contributed by atoms with Gasteiger partial charge in [0.05, 0.1) is 24.4 Å². The minimum absolute atomic E-state index is 0.566. The molecule has 1 saturated carbocycles. The van der Waals surface area contributed by atoms with Crippen LogP contribution in [-0.4, -0.2) is 64.8 Å². The van der Waals surface area contributed by atoms with E-state index < -0.39 is 10.8 Å². The third-order valence-corrected chi connectivity index (χ3v) is 8.69. The van der Waals surface area contributed by atoms with E-state index in [4.69, 9.17) is 4.74 Å². The molecule has 0 N–H and O–H groups in total. The molecule has 1 atom stereocenters. The summed E-state index contributed by atoms with van der Waals surface area (Å²) in [5.74, 6) is 5.13. The summed E-state index contributed by atoms with van der Waals surface area (Å²) in [7, 11) is -0.772. The van der Waals surface area contributed by atoms with Crippen molar-refractivity contribution in [3.63, 3.8) is 0 Å². The van der Waals surface area contributed by atoms with Crippen LogP contribution in [0.3, 0.4) is 0 Å². The first-order valence-corrected chi connectivity index (χ1v) is 17.2. The summed E-state index contributed by atoms with van der Waals surface area (Å²) in [4.78, 5) is 25.3. The van der Waals surface area contributed by atoms with E-state index in [2.05, 4.69) is 39.6 Å². The predicted molar refractivity (Wildman–Crippen MR) is 173 cm³/mol. The Balaban J connectivity index is 0.000000176. The van der Waals surface area contributed by atoms with Crippen LogP contribution < -0.4 is 4.74 Å². The molecule has 1 amide bonds. The molecule has 1 aliphatic carbocycles. The highest BCUT2D eigenvalue weighted by atomic mass is 32.2. The van der Waals surface area contributed by atoms with Crippen LogP contribution in [0.1, 0.15) is 69.7 Å². The lowest BCUT2D eigenvalue weighted by Gasteiger charge is -2.23. The first-order valence-electron chi connectivity index (χ1n) is 15.4. The van der Waals surface area contributed by atoms with Crippen LogP contribution in [0.5, 0.6) is 5.75 Å². The van der Waals surface area contributed by atoms with Crippen molar-refractivity contribution in [2.45, 2.75) is 78.8 Å². The molecule has 0 spiro atoms. The molecule has 0 radical (unpaired) electrons. The number of carbonyl (C=O) groups excluding carboxylic acids is 1. The quantitative estimate of drug-likeness (QED) is 0.184. The van der Waals surface area contributed by atoms with Crippen molar-refractivity contribution in [3.05, 3.63) is 66.3 Å². The van der Waals surface area contributed by atoms with Gasteiger partial charge in [-0.1, -0.05) is 52.0 Å². The number of aromatic nitrogens is 5. The van der Waals surface area contributed by atoms with Gasteiger partial charge < -0.3 is 18.8 Å². The molecule has 1 aliphatic heterocycles. The molecule has 4 aromatic rings. The van der Waals surface area contributed by atoms with Crippen LogP contribution in [0.4, 0.5) is 0 Å². The highest BCUT2D eigenvalue weighted by Crippen LogP contribution is 2.28. The number of imidazole rings is 1. The van der Waals surface area contributed by atoms with Gasteiger partial charge >= 0.3 is 0 Å². The van der Waals surface area contributed by atoms with Gasteiger partial charge in [-0.15, -0.1) is 0 Å². The van der Waals surface area contributed by atoms with E-state index in [0.29, 0.717) is 18.9 Å². The van der Waals surface area contributed by atoms with E-state index >= 15 is 0 Å². The lowest BCUT2D eigenvalue weighted by Crippen LogP contribution is -2.32.